The Labute approximate surface area is 183 Å². The Morgan fingerprint density at radius 1 is 1.06 bits per heavy atom. The minimum atomic E-state index is -1.02. The smallest absolute Gasteiger partial charge is 0.414 e. The zero-order valence-electron chi connectivity index (χ0n) is 17.0. The van der Waals surface area contributed by atoms with Gasteiger partial charge in [0.2, 0.25) is 0 Å². The first-order valence-electron chi connectivity index (χ1n) is 10.0. The highest BCUT2D eigenvalue weighted by molar-refractivity contribution is 6.21. The number of ether oxygens (including phenoxy) is 2. The van der Waals surface area contributed by atoms with Crippen LogP contribution in [0.5, 0.6) is 0 Å². The monoisotopic (exact) mass is 439 g/mol. The summed E-state index contributed by atoms with van der Waals surface area (Å²) >= 11 is 0. The van der Waals surface area contributed by atoms with Gasteiger partial charge >= 0.3 is 12.1 Å². The molecule has 4 rings (SSSR count). The maximum absolute atomic E-state index is 12.5. The van der Waals surface area contributed by atoms with Crippen molar-refractivity contribution in [2.45, 2.75) is 6.10 Å². The number of hydrogen-bond donors (Lipinski definition) is 2. The molecule has 0 aliphatic carbocycles. The van der Waals surface area contributed by atoms with Crippen LogP contribution in [0.2, 0.25) is 0 Å². The second kappa shape index (κ2) is 9.06. The molecular weight excluding hydrogens is 418 g/mol. The van der Waals surface area contributed by atoms with Gasteiger partial charge in [0, 0.05) is 17.9 Å². The van der Waals surface area contributed by atoms with Crippen LogP contribution in [0.4, 0.5) is 16.2 Å². The molecule has 10 heteroatoms. The average molecular weight is 439 g/mol. The minimum absolute atomic E-state index is 0.00936. The molecule has 0 radical (unpaired) electrons. The Morgan fingerprint density at radius 2 is 1.72 bits per heavy atom. The number of carboxylic acid groups (broad SMARTS) is 1. The van der Waals surface area contributed by atoms with E-state index >= 15 is 0 Å². The summed E-state index contributed by atoms with van der Waals surface area (Å²) in [7, 11) is 0. The molecule has 0 saturated carbocycles. The Bertz CT molecular complexity index is 1020. The van der Waals surface area contributed by atoms with Crippen molar-refractivity contribution in [1.29, 1.82) is 0 Å². The molecule has 2 N–H and O–H groups in total. The lowest BCUT2D eigenvalue weighted by molar-refractivity contribution is -0.142. The summed E-state index contributed by atoms with van der Waals surface area (Å²) in [5, 5.41) is 11.6. The van der Waals surface area contributed by atoms with Crippen LogP contribution in [0.1, 0.15) is 20.7 Å². The number of fused-ring (bicyclic) bond motifs is 1. The van der Waals surface area contributed by atoms with E-state index < -0.39 is 18.2 Å². The standard InChI is InChI=1S/C22H21N3O7/c26-19(27)13-31-10-9-23-14-5-7-15(8-6-14)24-11-16(32-22(24)30)12-25-20(28)17-3-1-2-4-18(17)21(25)29/h1-8,16,23H,9-13H2,(H,26,27)/t16-/m1/s1. The zero-order chi connectivity index (χ0) is 22.7. The van der Waals surface area contributed by atoms with Crippen molar-refractivity contribution in [3.05, 3.63) is 59.7 Å². The Morgan fingerprint density at radius 3 is 2.34 bits per heavy atom. The van der Waals surface area contributed by atoms with Gasteiger partial charge in [-0.2, -0.15) is 0 Å². The van der Waals surface area contributed by atoms with E-state index in [1.807, 2.05) is 0 Å². The van der Waals surface area contributed by atoms with Crippen LogP contribution < -0.4 is 10.2 Å². The summed E-state index contributed by atoms with van der Waals surface area (Å²) < 4.78 is 10.3. The van der Waals surface area contributed by atoms with E-state index in [0.717, 1.165) is 10.6 Å². The molecule has 2 aliphatic heterocycles. The molecule has 3 amide bonds. The van der Waals surface area contributed by atoms with Crippen molar-refractivity contribution < 1.29 is 33.8 Å². The number of hydrogen-bond acceptors (Lipinski definition) is 7. The molecule has 2 heterocycles. The van der Waals surface area contributed by atoms with Crippen molar-refractivity contribution in [2.24, 2.45) is 0 Å². The largest absolute Gasteiger partial charge is 0.480 e. The van der Waals surface area contributed by atoms with Gasteiger partial charge in [0.1, 0.15) is 12.7 Å². The molecule has 2 aromatic rings. The maximum atomic E-state index is 12.5. The molecule has 2 aliphatic rings. The summed E-state index contributed by atoms with van der Waals surface area (Å²) in [6.07, 6.45) is -1.18. The van der Waals surface area contributed by atoms with Crippen LogP contribution in [0.25, 0.3) is 0 Å². The van der Waals surface area contributed by atoms with Crippen molar-refractivity contribution >= 4 is 35.3 Å². The van der Waals surface area contributed by atoms with Crippen LogP contribution in [0, 0.1) is 0 Å². The first kappa shape index (κ1) is 21.3. The van der Waals surface area contributed by atoms with Gasteiger partial charge in [-0.05, 0) is 36.4 Å². The molecule has 0 aromatic heterocycles. The molecule has 166 valence electrons. The molecule has 32 heavy (non-hydrogen) atoms. The predicted octanol–water partition coefficient (Wildman–Crippen LogP) is 1.82. The third kappa shape index (κ3) is 4.40. The third-order valence-electron chi connectivity index (χ3n) is 5.12. The van der Waals surface area contributed by atoms with Crippen LogP contribution in [-0.4, -0.2) is 72.8 Å². The summed E-state index contributed by atoms with van der Waals surface area (Å²) in [4.78, 5) is 50.4. The summed E-state index contributed by atoms with van der Waals surface area (Å²) in [5.41, 5.74) is 2.11. The van der Waals surface area contributed by atoms with Gasteiger partial charge in [-0.25, -0.2) is 9.59 Å². The number of cyclic esters (lactones) is 1. The molecule has 0 spiro atoms. The number of anilines is 2. The Balaban J connectivity index is 1.32. The number of carbonyl (C=O) groups excluding carboxylic acids is 3. The van der Waals surface area contributed by atoms with E-state index in [0.29, 0.717) is 23.4 Å². The van der Waals surface area contributed by atoms with Crippen LogP contribution >= 0.6 is 0 Å². The zero-order valence-corrected chi connectivity index (χ0v) is 17.0. The fourth-order valence-electron chi connectivity index (χ4n) is 3.62. The first-order valence-corrected chi connectivity index (χ1v) is 10.0. The summed E-state index contributed by atoms with van der Waals surface area (Å²) in [6.45, 7) is 0.527. The number of nitrogens with zero attached hydrogens (tertiary/aromatic N) is 2. The molecule has 10 nitrogen and oxygen atoms in total. The molecule has 0 unspecified atom stereocenters. The highest BCUT2D eigenvalue weighted by atomic mass is 16.6. The molecule has 1 fully saturated rings. The highest BCUT2D eigenvalue weighted by Gasteiger charge is 2.40. The van der Waals surface area contributed by atoms with Crippen molar-refractivity contribution in [3.8, 4) is 0 Å². The van der Waals surface area contributed by atoms with Gasteiger partial charge in [0.25, 0.3) is 11.8 Å². The number of carbonyl (C=O) groups is 4. The van der Waals surface area contributed by atoms with Crippen molar-refractivity contribution in [1.82, 2.24) is 4.90 Å². The average Bonchev–Trinajstić information content (AvgIpc) is 3.27. The number of imide groups is 1. The number of carboxylic acids is 1. The lowest BCUT2D eigenvalue weighted by Gasteiger charge is -2.17. The molecule has 2 aromatic carbocycles. The molecular formula is C22H21N3O7. The van der Waals surface area contributed by atoms with E-state index in [-0.39, 0.29) is 38.1 Å². The quantitative estimate of drug-likeness (QED) is 0.448. The van der Waals surface area contributed by atoms with Crippen molar-refractivity contribution in [3.63, 3.8) is 0 Å². The van der Waals surface area contributed by atoms with Gasteiger partial charge < -0.3 is 19.9 Å². The van der Waals surface area contributed by atoms with E-state index in [1.54, 1.807) is 48.5 Å². The number of rotatable bonds is 9. The minimum Gasteiger partial charge on any atom is -0.480 e. The van der Waals surface area contributed by atoms with Crippen LogP contribution in [0.15, 0.2) is 48.5 Å². The normalized spacial score (nSPS) is 17.5. The maximum Gasteiger partial charge on any atom is 0.414 e. The molecule has 1 atom stereocenters. The van der Waals surface area contributed by atoms with Gasteiger partial charge in [-0.15, -0.1) is 0 Å². The number of benzene rings is 2. The Hall–Kier alpha value is -3.92. The van der Waals surface area contributed by atoms with E-state index in [4.69, 9.17) is 14.6 Å². The van der Waals surface area contributed by atoms with Crippen LogP contribution in [0.3, 0.4) is 0 Å². The van der Waals surface area contributed by atoms with Crippen LogP contribution in [-0.2, 0) is 14.3 Å². The first-order chi connectivity index (χ1) is 15.4. The van der Waals surface area contributed by atoms with Gasteiger partial charge in [-0.3, -0.25) is 19.4 Å². The lowest BCUT2D eigenvalue weighted by Crippen LogP contribution is -2.38. The molecule has 0 bridgehead atoms. The van der Waals surface area contributed by atoms with Crippen molar-refractivity contribution in [2.75, 3.05) is 43.1 Å². The van der Waals surface area contributed by atoms with E-state index in [1.165, 1.54) is 4.90 Å². The lowest BCUT2D eigenvalue weighted by atomic mass is 10.1. The second-order valence-electron chi connectivity index (χ2n) is 7.30. The number of amides is 3. The SMILES string of the molecule is O=C(O)COCCNc1ccc(N2C[C@H](CN3C(=O)c4ccccc4C3=O)OC2=O)cc1. The number of nitrogens with one attached hydrogen (secondary N) is 1. The second-order valence-corrected chi connectivity index (χ2v) is 7.30. The third-order valence-corrected chi connectivity index (χ3v) is 5.12. The van der Waals surface area contributed by atoms with Gasteiger partial charge in [0.15, 0.2) is 0 Å². The highest BCUT2D eigenvalue weighted by Crippen LogP contribution is 2.27. The van der Waals surface area contributed by atoms with E-state index in [9.17, 15) is 19.2 Å². The molecule has 1 saturated heterocycles. The van der Waals surface area contributed by atoms with Gasteiger partial charge in [0.05, 0.1) is 30.8 Å². The topological polar surface area (TPSA) is 125 Å². The van der Waals surface area contributed by atoms with E-state index in [2.05, 4.69) is 5.32 Å². The predicted molar refractivity (Wildman–Crippen MR) is 113 cm³/mol. The summed E-state index contributed by atoms with van der Waals surface area (Å²) in [6, 6.07) is 13.7. The van der Waals surface area contributed by atoms with Gasteiger partial charge in [-0.1, -0.05) is 12.1 Å². The summed E-state index contributed by atoms with van der Waals surface area (Å²) in [5.74, 6) is -1.79. The Kier molecular flexibility index (Phi) is 6.04. The number of aliphatic carboxylic acids is 1. The fourth-order valence-corrected chi connectivity index (χ4v) is 3.62. The fraction of sp³-hybridized carbons (Fsp3) is 0.273.